The average Bonchev–Trinajstić information content (AvgIpc) is 3.05. The zero-order valence-corrected chi connectivity index (χ0v) is 13.1. The maximum atomic E-state index is 12.4. The standard InChI is InChI=1S/C16H14F2N4O3/c1-23-13-6-9(2-5-12(13)24-16(17)18)15-21-14(25-22-15)7-11-4-3-10(19)8-20-11/h2-6,8,16H,7,19H2,1H3. The van der Waals surface area contributed by atoms with E-state index in [2.05, 4.69) is 19.9 Å². The molecular formula is C16H14F2N4O3. The molecule has 0 saturated carbocycles. The first-order valence-electron chi connectivity index (χ1n) is 7.21. The van der Waals surface area contributed by atoms with Gasteiger partial charge in [0.1, 0.15) is 0 Å². The fraction of sp³-hybridized carbons (Fsp3) is 0.188. The van der Waals surface area contributed by atoms with E-state index in [1.165, 1.54) is 25.3 Å². The van der Waals surface area contributed by atoms with Gasteiger partial charge < -0.3 is 19.7 Å². The number of anilines is 1. The van der Waals surface area contributed by atoms with Gasteiger partial charge in [0.15, 0.2) is 11.5 Å². The first-order chi connectivity index (χ1) is 12.0. The van der Waals surface area contributed by atoms with Crippen molar-refractivity contribution in [1.82, 2.24) is 15.1 Å². The van der Waals surface area contributed by atoms with Crippen LogP contribution in [0.5, 0.6) is 11.5 Å². The molecule has 0 amide bonds. The molecule has 3 aromatic rings. The van der Waals surface area contributed by atoms with Crippen LogP contribution in [-0.2, 0) is 6.42 Å². The van der Waals surface area contributed by atoms with E-state index in [0.717, 1.165) is 5.69 Å². The summed E-state index contributed by atoms with van der Waals surface area (Å²) in [5.41, 5.74) is 7.42. The van der Waals surface area contributed by atoms with Gasteiger partial charge in [-0.15, -0.1) is 0 Å². The molecule has 0 spiro atoms. The van der Waals surface area contributed by atoms with Gasteiger partial charge in [-0.05, 0) is 30.3 Å². The van der Waals surface area contributed by atoms with Gasteiger partial charge in [0.25, 0.3) is 0 Å². The van der Waals surface area contributed by atoms with Crippen LogP contribution in [0.2, 0.25) is 0 Å². The summed E-state index contributed by atoms with van der Waals surface area (Å²) in [6.07, 6.45) is 1.89. The Bertz CT molecular complexity index is 853. The van der Waals surface area contributed by atoms with E-state index < -0.39 is 6.61 Å². The summed E-state index contributed by atoms with van der Waals surface area (Å²) in [5, 5.41) is 3.88. The van der Waals surface area contributed by atoms with E-state index in [0.29, 0.717) is 29.4 Å². The maximum absolute atomic E-state index is 12.4. The zero-order valence-electron chi connectivity index (χ0n) is 13.1. The van der Waals surface area contributed by atoms with Crippen molar-refractivity contribution in [1.29, 1.82) is 0 Å². The molecule has 0 unspecified atom stereocenters. The summed E-state index contributed by atoms with van der Waals surface area (Å²) >= 11 is 0. The minimum atomic E-state index is -2.94. The molecule has 9 heteroatoms. The molecular weight excluding hydrogens is 334 g/mol. The quantitative estimate of drug-likeness (QED) is 0.731. The second kappa shape index (κ2) is 7.12. The predicted molar refractivity (Wildman–Crippen MR) is 84.4 cm³/mol. The molecule has 0 aliphatic carbocycles. The third-order valence-corrected chi connectivity index (χ3v) is 3.29. The van der Waals surface area contributed by atoms with Crippen LogP contribution in [0.1, 0.15) is 11.6 Å². The first kappa shape index (κ1) is 16.6. The van der Waals surface area contributed by atoms with Gasteiger partial charge in [-0.1, -0.05) is 5.16 Å². The molecule has 2 heterocycles. The number of nitrogens with zero attached hydrogens (tertiary/aromatic N) is 3. The Hall–Kier alpha value is -3.23. The third-order valence-electron chi connectivity index (χ3n) is 3.29. The van der Waals surface area contributed by atoms with Gasteiger partial charge in [-0.25, -0.2) is 0 Å². The fourth-order valence-electron chi connectivity index (χ4n) is 2.14. The number of aromatic nitrogens is 3. The molecule has 2 aromatic heterocycles. The van der Waals surface area contributed by atoms with Crippen LogP contribution in [0.4, 0.5) is 14.5 Å². The van der Waals surface area contributed by atoms with Crippen molar-refractivity contribution < 1.29 is 22.8 Å². The normalized spacial score (nSPS) is 10.9. The van der Waals surface area contributed by atoms with Gasteiger partial charge in [0.2, 0.25) is 11.7 Å². The van der Waals surface area contributed by atoms with E-state index in [-0.39, 0.29) is 11.5 Å². The molecule has 0 saturated heterocycles. The largest absolute Gasteiger partial charge is 0.493 e. The fourth-order valence-corrected chi connectivity index (χ4v) is 2.14. The van der Waals surface area contributed by atoms with Crippen LogP contribution in [0.25, 0.3) is 11.4 Å². The smallest absolute Gasteiger partial charge is 0.387 e. The molecule has 1 aromatic carbocycles. The molecule has 25 heavy (non-hydrogen) atoms. The van der Waals surface area contributed by atoms with Gasteiger partial charge in [-0.2, -0.15) is 13.8 Å². The van der Waals surface area contributed by atoms with Crippen LogP contribution in [-0.4, -0.2) is 28.8 Å². The van der Waals surface area contributed by atoms with Crippen molar-refractivity contribution in [3.63, 3.8) is 0 Å². The molecule has 0 aliphatic heterocycles. The zero-order chi connectivity index (χ0) is 17.8. The van der Waals surface area contributed by atoms with Gasteiger partial charge in [0.05, 0.1) is 25.4 Å². The van der Waals surface area contributed by atoms with Crippen molar-refractivity contribution in [2.24, 2.45) is 0 Å². The number of ether oxygens (including phenoxy) is 2. The first-order valence-corrected chi connectivity index (χ1v) is 7.21. The van der Waals surface area contributed by atoms with Crippen LogP contribution in [0, 0.1) is 0 Å². The Morgan fingerprint density at radius 2 is 2.04 bits per heavy atom. The highest BCUT2D eigenvalue weighted by Crippen LogP contribution is 2.32. The van der Waals surface area contributed by atoms with E-state index in [1.807, 2.05) is 0 Å². The Balaban J connectivity index is 1.80. The predicted octanol–water partition coefficient (Wildman–Crippen LogP) is 2.91. The third kappa shape index (κ3) is 4.00. The lowest BCUT2D eigenvalue weighted by Gasteiger charge is -2.10. The number of hydrogen-bond donors (Lipinski definition) is 1. The number of benzene rings is 1. The number of hydrogen-bond acceptors (Lipinski definition) is 7. The highest BCUT2D eigenvalue weighted by molar-refractivity contribution is 5.60. The second-order valence-corrected chi connectivity index (χ2v) is 5.02. The Morgan fingerprint density at radius 3 is 2.72 bits per heavy atom. The number of nitrogen functional groups attached to an aromatic ring is 1. The lowest BCUT2D eigenvalue weighted by Crippen LogP contribution is -2.03. The van der Waals surface area contributed by atoms with Gasteiger partial charge >= 0.3 is 6.61 Å². The molecule has 0 bridgehead atoms. The Morgan fingerprint density at radius 1 is 1.20 bits per heavy atom. The van der Waals surface area contributed by atoms with Crippen molar-refractivity contribution in [2.45, 2.75) is 13.0 Å². The molecule has 7 nitrogen and oxygen atoms in total. The Kier molecular flexibility index (Phi) is 4.73. The van der Waals surface area contributed by atoms with Crippen molar-refractivity contribution >= 4 is 5.69 Å². The summed E-state index contributed by atoms with van der Waals surface area (Å²) in [5.74, 6) is 0.729. The van der Waals surface area contributed by atoms with E-state index >= 15 is 0 Å². The summed E-state index contributed by atoms with van der Waals surface area (Å²) in [4.78, 5) is 8.43. The summed E-state index contributed by atoms with van der Waals surface area (Å²) in [6, 6.07) is 7.88. The van der Waals surface area contributed by atoms with Crippen LogP contribution in [0.15, 0.2) is 41.1 Å². The van der Waals surface area contributed by atoms with Crippen LogP contribution < -0.4 is 15.2 Å². The lowest BCUT2D eigenvalue weighted by atomic mass is 10.2. The van der Waals surface area contributed by atoms with Crippen molar-refractivity contribution in [3.05, 3.63) is 48.1 Å². The number of halogens is 2. The van der Waals surface area contributed by atoms with E-state index in [4.69, 9.17) is 15.0 Å². The number of alkyl halides is 2. The van der Waals surface area contributed by atoms with Gasteiger partial charge in [-0.3, -0.25) is 4.98 Å². The van der Waals surface area contributed by atoms with E-state index in [9.17, 15) is 8.78 Å². The van der Waals surface area contributed by atoms with Crippen molar-refractivity contribution in [2.75, 3.05) is 12.8 Å². The molecule has 0 radical (unpaired) electrons. The van der Waals surface area contributed by atoms with Crippen LogP contribution in [0.3, 0.4) is 0 Å². The molecule has 0 aliphatic rings. The summed E-state index contributed by atoms with van der Waals surface area (Å²) in [6.45, 7) is -2.94. The molecule has 3 rings (SSSR count). The number of pyridine rings is 1. The van der Waals surface area contributed by atoms with Gasteiger partial charge in [0, 0.05) is 11.3 Å². The topological polar surface area (TPSA) is 96.3 Å². The van der Waals surface area contributed by atoms with Crippen LogP contribution >= 0.6 is 0 Å². The minimum Gasteiger partial charge on any atom is -0.493 e. The minimum absolute atomic E-state index is 0.0731. The summed E-state index contributed by atoms with van der Waals surface area (Å²) in [7, 11) is 1.35. The Labute approximate surface area is 141 Å². The van der Waals surface area contributed by atoms with E-state index in [1.54, 1.807) is 18.3 Å². The lowest BCUT2D eigenvalue weighted by molar-refractivity contribution is -0.0512. The maximum Gasteiger partial charge on any atom is 0.387 e. The summed E-state index contributed by atoms with van der Waals surface area (Å²) < 4.78 is 39.4. The molecule has 0 atom stereocenters. The highest BCUT2D eigenvalue weighted by atomic mass is 19.3. The number of nitrogens with two attached hydrogens (primary N) is 1. The molecule has 0 fully saturated rings. The number of methoxy groups -OCH3 is 1. The molecule has 2 N–H and O–H groups in total. The second-order valence-electron chi connectivity index (χ2n) is 5.02. The monoisotopic (exact) mass is 348 g/mol. The average molecular weight is 348 g/mol. The molecule has 130 valence electrons. The van der Waals surface area contributed by atoms with Crippen molar-refractivity contribution in [3.8, 4) is 22.9 Å². The highest BCUT2D eigenvalue weighted by Gasteiger charge is 2.15. The number of rotatable bonds is 6. The SMILES string of the molecule is COc1cc(-c2noc(Cc3ccc(N)cn3)n2)ccc1OC(F)F.